The van der Waals surface area contributed by atoms with Gasteiger partial charge < -0.3 is 5.73 Å². The highest BCUT2D eigenvalue weighted by atomic mass is 19.1. The Kier molecular flexibility index (Phi) is 4.34. The average Bonchev–Trinajstić information content (AvgIpc) is 2.85. The van der Waals surface area contributed by atoms with Gasteiger partial charge in [-0.25, -0.2) is 4.39 Å². The molecule has 1 aromatic rings. The molecule has 18 heavy (non-hydrogen) atoms. The zero-order valence-electron chi connectivity index (χ0n) is 11.0. The van der Waals surface area contributed by atoms with Crippen molar-refractivity contribution in [1.82, 2.24) is 0 Å². The Balaban J connectivity index is 1.89. The van der Waals surface area contributed by atoms with Gasteiger partial charge in [-0.1, -0.05) is 18.9 Å². The lowest BCUT2D eigenvalue weighted by Crippen LogP contribution is -2.22. The van der Waals surface area contributed by atoms with E-state index >= 15 is 0 Å². The van der Waals surface area contributed by atoms with Crippen LogP contribution in [0.25, 0.3) is 0 Å². The molecule has 0 aromatic heterocycles. The molecule has 1 aliphatic rings. The maximum Gasteiger partial charge on any atom is 0.123 e. The smallest absolute Gasteiger partial charge is 0.123 e. The molecule has 2 nitrogen and oxygen atoms in total. The molecule has 0 bridgehead atoms. The van der Waals surface area contributed by atoms with E-state index in [2.05, 4.69) is 4.99 Å². The third-order valence-corrected chi connectivity index (χ3v) is 3.75. The summed E-state index contributed by atoms with van der Waals surface area (Å²) >= 11 is 0. The first-order valence-corrected chi connectivity index (χ1v) is 6.71. The predicted octanol–water partition coefficient (Wildman–Crippen LogP) is 3.22. The predicted molar refractivity (Wildman–Crippen MR) is 73.3 cm³/mol. The van der Waals surface area contributed by atoms with E-state index in [0.717, 1.165) is 23.4 Å². The van der Waals surface area contributed by atoms with Gasteiger partial charge in [0.25, 0.3) is 0 Å². The van der Waals surface area contributed by atoms with Crippen molar-refractivity contribution in [2.75, 3.05) is 6.54 Å². The highest BCUT2D eigenvalue weighted by molar-refractivity contribution is 5.83. The Hall–Kier alpha value is -1.38. The van der Waals surface area contributed by atoms with E-state index in [1.54, 1.807) is 6.07 Å². The molecule has 0 aliphatic heterocycles. The lowest BCUT2D eigenvalue weighted by atomic mass is 10.1. The summed E-state index contributed by atoms with van der Waals surface area (Å²) in [6.45, 7) is 2.64. The van der Waals surface area contributed by atoms with Crippen molar-refractivity contribution >= 4 is 5.84 Å². The van der Waals surface area contributed by atoms with Crippen LogP contribution in [0.2, 0.25) is 0 Å². The van der Waals surface area contributed by atoms with Crippen molar-refractivity contribution in [1.29, 1.82) is 0 Å². The van der Waals surface area contributed by atoms with E-state index in [4.69, 9.17) is 5.73 Å². The number of aliphatic imine (C=N–C) groups is 1. The standard InChI is InChI=1S/C15H21FN2/c1-11-10-14(16)7-6-12(11)8-9-18-15(17)13-4-2-3-5-13/h6-7,10,13H,2-5,8-9H2,1H3,(H2,17,18). The molecule has 0 amide bonds. The number of nitrogens with two attached hydrogens (primary N) is 1. The Morgan fingerprint density at radius 1 is 1.39 bits per heavy atom. The quantitative estimate of drug-likeness (QED) is 0.645. The van der Waals surface area contributed by atoms with Crippen molar-refractivity contribution in [2.24, 2.45) is 16.6 Å². The molecule has 1 fully saturated rings. The summed E-state index contributed by atoms with van der Waals surface area (Å²) in [6, 6.07) is 4.91. The lowest BCUT2D eigenvalue weighted by Gasteiger charge is -2.08. The molecule has 1 aromatic carbocycles. The highest BCUT2D eigenvalue weighted by Gasteiger charge is 2.18. The van der Waals surface area contributed by atoms with Crippen LogP contribution in [0.4, 0.5) is 4.39 Å². The van der Waals surface area contributed by atoms with Crippen molar-refractivity contribution in [2.45, 2.75) is 39.0 Å². The van der Waals surface area contributed by atoms with E-state index in [-0.39, 0.29) is 5.82 Å². The molecule has 1 saturated carbocycles. The van der Waals surface area contributed by atoms with E-state index in [1.807, 2.05) is 13.0 Å². The number of benzene rings is 1. The van der Waals surface area contributed by atoms with E-state index in [9.17, 15) is 4.39 Å². The van der Waals surface area contributed by atoms with E-state index in [1.165, 1.54) is 31.7 Å². The average molecular weight is 248 g/mol. The van der Waals surface area contributed by atoms with Crippen LogP contribution in [0.1, 0.15) is 36.8 Å². The summed E-state index contributed by atoms with van der Waals surface area (Å²) < 4.78 is 13.0. The van der Waals surface area contributed by atoms with Gasteiger partial charge >= 0.3 is 0 Å². The second-order valence-electron chi connectivity index (χ2n) is 5.11. The maximum absolute atomic E-state index is 13.0. The Morgan fingerprint density at radius 3 is 2.78 bits per heavy atom. The van der Waals surface area contributed by atoms with Gasteiger partial charge in [0.2, 0.25) is 0 Å². The molecular formula is C15H21FN2. The zero-order chi connectivity index (χ0) is 13.0. The molecular weight excluding hydrogens is 227 g/mol. The van der Waals surface area contributed by atoms with Gasteiger partial charge in [-0.2, -0.15) is 0 Å². The Morgan fingerprint density at radius 2 is 2.11 bits per heavy atom. The highest BCUT2D eigenvalue weighted by Crippen LogP contribution is 2.24. The zero-order valence-corrected chi connectivity index (χ0v) is 11.0. The molecule has 0 heterocycles. The number of halogens is 1. The van der Waals surface area contributed by atoms with Crippen LogP contribution in [0, 0.1) is 18.7 Å². The molecule has 2 N–H and O–H groups in total. The SMILES string of the molecule is Cc1cc(F)ccc1CCN=C(N)C1CCCC1. The van der Waals surface area contributed by atoms with Gasteiger partial charge in [-0.15, -0.1) is 0 Å². The fraction of sp³-hybridized carbons (Fsp3) is 0.533. The summed E-state index contributed by atoms with van der Waals surface area (Å²) in [4.78, 5) is 4.47. The van der Waals surface area contributed by atoms with E-state index < -0.39 is 0 Å². The molecule has 0 spiro atoms. The first kappa shape index (κ1) is 13.1. The van der Waals surface area contributed by atoms with Gasteiger partial charge in [-0.05, 0) is 49.4 Å². The monoisotopic (exact) mass is 248 g/mol. The first-order valence-electron chi connectivity index (χ1n) is 6.71. The van der Waals surface area contributed by atoms with Gasteiger partial charge in [0.15, 0.2) is 0 Å². The van der Waals surface area contributed by atoms with Gasteiger partial charge in [-0.3, -0.25) is 4.99 Å². The molecule has 98 valence electrons. The largest absolute Gasteiger partial charge is 0.387 e. The minimum absolute atomic E-state index is 0.176. The minimum atomic E-state index is -0.176. The Labute approximate surface area is 108 Å². The molecule has 2 rings (SSSR count). The van der Waals surface area contributed by atoms with Crippen LogP contribution in [-0.4, -0.2) is 12.4 Å². The fourth-order valence-electron chi connectivity index (χ4n) is 2.60. The van der Waals surface area contributed by atoms with Crippen LogP contribution >= 0.6 is 0 Å². The Bertz CT molecular complexity index is 434. The summed E-state index contributed by atoms with van der Waals surface area (Å²) in [5.74, 6) is 1.14. The second-order valence-corrected chi connectivity index (χ2v) is 5.11. The molecule has 0 radical (unpaired) electrons. The topological polar surface area (TPSA) is 38.4 Å². The number of hydrogen-bond acceptors (Lipinski definition) is 1. The van der Waals surface area contributed by atoms with Crippen molar-refractivity contribution in [3.8, 4) is 0 Å². The number of nitrogens with zero attached hydrogens (tertiary/aromatic N) is 1. The van der Waals surface area contributed by atoms with Gasteiger partial charge in [0, 0.05) is 12.5 Å². The molecule has 0 unspecified atom stereocenters. The van der Waals surface area contributed by atoms with E-state index in [0.29, 0.717) is 12.5 Å². The van der Waals surface area contributed by atoms with Gasteiger partial charge in [0.05, 0.1) is 5.84 Å². The van der Waals surface area contributed by atoms with Crippen LogP contribution in [0.15, 0.2) is 23.2 Å². The molecule has 3 heteroatoms. The number of hydrogen-bond donors (Lipinski definition) is 1. The minimum Gasteiger partial charge on any atom is -0.387 e. The number of amidine groups is 1. The van der Waals surface area contributed by atoms with Crippen molar-refractivity contribution in [3.05, 3.63) is 35.1 Å². The lowest BCUT2D eigenvalue weighted by molar-refractivity contribution is 0.625. The molecule has 1 aliphatic carbocycles. The molecule has 0 atom stereocenters. The summed E-state index contributed by atoms with van der Waals surface area (Å²) in [6.07, 6.45) is 5.76. The third kappa shape index (κ3) is 3.31. The van der Waals surface area contributed by atoms with Crippen LogP contribution in [0.3, 0.4) is 0 Å². The summed E-state index contributed by atoms with van der Waals surface area (Å²) in [7, 11) is 0. The third-order valence-electron chi connectivity index (χ3n) is 3.75. The van der Waals surface area contributed by atoms with Crippen LogP contribution < -0.4 is 5.73 Å². The summed E-state index contributed by atoms with van der Waals surface area (Å²) in [5.41, 5.74) is 8.14. The second kappa shape index (κ2) is 5.98. The van der Waals surface area contributed by atoms with Gasteiger partial charge in [0.1, 0.15) is 5.82 Å². The maximum atomic E-state index is 13.0. The van der Waals surface area contributed by atoms with Crippen molar-refractivity contribution in [3.63, 3.8) is 0 Å². The van der Waals surface area contributed by atoms with Crippen LogP contribution in [0.5, 0.6) is 0 Å². The van der Waals surface area contributed by atoms with Crippen molar-refractivity contribution < 1.29 is 4.39 Å². The first-order chi connectivity index (χ1) is 8.66. The van der Waals surface area contributed by atoms with Crippen LogP contribution in [-0.2, 0) is 6.42 Å². The summed E-state index contributed by atoms with van der Waals surface area (Å²) in [5, 5.41) is 0. The number of aryl methyl sites for hydroxylation is 1. The normalized spacial score (nSPS) is 17.3. The molecule has 0 saturated heterocycles. The fourth-order valence-corrected chi connectivity index (χ4v) is 2.60. The number of rotatable bonds is 4.